The van der Waals surface area contributed by atoms with Crippen molar-refractivity contribution < 1.29 is 37.9 Å². The van der Waals surface area contributed by atoms with Crippen LogP contribution in [-0.4, -0.2) is 35.1 Å². The fourth-order valence-corrected chi connectivity index (χ4v) is 2.45. The molecule has 2 rings (SSSR count). The zero-order chi connectivity index (χ0) is 19.7. The van der Waals surface area contributed by atoms with Crippen LogP contribution in [0.3, 0.4) is 0 Å². The van der Waals surface area contributed by atoms with Crippen LogP contribution in [-0.2, 0) is 25.2 Å². The molecule has 0 heterocycles. The standard InChI is InChI=1S/C18H21O8P/c1-14(19)26-18(13-25-27(20,21)22)12-24-17-9-7-16(8-10-17)23-11-15-5-3-2-4-6-15/h2-10,18H,11-13H2,1H3,(H2,20,21,22). The summed E-state index contributed by atoms with van der Waals surface area (Å²) in [5.41, 5.74) is 1.05. The van der Waals surface area contributed by atoms with E-state index in [2.05, 4.69) is 4.52 Å². The van der Waals surface area contributed by atoms with Gasteiger partial charge in [-0.05, 0) is 29.8 Å². The highest BCUT2D eigenvalue weighted by Gasteiger charge is 2.21. The zero-order valence-electron chi connectivity index (χ0n) is 14.7. The molecule has 27 heavy (non-hydrogen) atoms. The first-order valence-electron chi connectivity index (χ1n) is 8.09. The summed E-state index contributed by atoms with van der Waals surface area (Å²) in [6.45, 7) is 1.02. The van der Waals surface area contributed by atoms with E-state index in [1.807, 2.05) is 30.3 Å². The molecule has 9 heteroatoms. The summed E-state index contributed by atoms with van der Waals surface area (Å²) in [5, 5.41) is 0. The summed E-state index contributed by atoms with van der Waals surface area (Å²) in [5.74, 6) is 0.533. The third-order valence-corrected chi connectivity index (χ3v) is 3.75. The second-order valence-electron chi connectivity index (χ2n) is 5.57. The molecule has 0 aromatic heterocycles. The second-order valence-corrected chi connectivity index (χ2v) is 6.81. The fourth-order valence-electron chi connectivity index (χ4n) is 2.09. The molecule has 0 aliphatic carbocycles. The molecule has 1 unspecified atom stereocenters. The Labute approximate surface area is 156 Å². The van der Waals surface area contributed by atoms with Crippen molar-refractivity contribution in [2.45, 2.75) is 19.6 Å². The van der Waals surface area contributed by atoms with Gasteiger partial charge in [0.2, 0.25) is 0 Å². The number of esters is 1. The number of carbonyl (C=O) groups excluding carboxylic acids is 1. The first-order chi connectivity index (χ1) is 12.8. The van der Waals surface area contributed by atoms with Gasteiger partial charge in [0.05, 0.1) is 6.61 Å². The highest BCUT2D eigenvalue weighted by atomic mass is 31.2. The Bertz CT molecular complexity index is 757. The Morgan fingerprint density at radius 1 is 0.963 bits per heavy atom. The minimum absolute atomic E-state index is 0.121. The van der Waals surface area contributed by atoms with Crippen LogP contribution in [0.25, 0.3) is 0 Å². The molecule has 0 saturated heterocycles. The van der Waals surface area contributed by atoms with Crippen molar-refractivity contribution in [3.63, 3.8) is 0 Å². The Hall–Kier alpha value is -2.38. The van der Waals surface area contributed by atoms with Gasteiger partial charge in [0, 0.05) is 6.92 Å². The lowest BCUT2D eigenvalue weighted by molar-refractivity contribution is -0.149. The van der Waals surface area contributed by atoms with Gasteiger partial charge in [0.25, 0.3) is 0 Å². The molecule has 0 aliphatic heterocycles. The van der Waals surface area contributed by atoms with E-state index in [0.29, 0.717) is 18.1 Å². The summed E-state index contributed by atoms with van der Waals surface area (Å²) < 4.78 is 31.2. The SMILES string of the molecule is CC(=O)OC(COc1ccc(OCc2ccccc2)cc1)COP(=O)(O)O. The average molecular weight is 396 g/mol. The van der Waals surface area contributed by atoms with Crippen molar-refractivity contribution in [1.82, 2.24) is 0 Å². The van der Waals surface area contributed by atoms with Gasteiger partial charge in [0.1, 0.15) is 24.7 Å². The van der Waals surface area contributed by atoms with Gasteiger partial charge in [-0.15, -0.1) is 0 Å². The minimum atomic E-state index is -4.66. The molecule has 0 radical (unpaired) electrons. The normalized spacial score (nSPS) is 12.3. The van der Waals surface area contributed by atoms with Gasteiger partial charge < -0.3 is 24.0 Å². The van der Waals surface area contributed by atoms with E-state index in [0.717, 1.165) is 5.56 Å². The number of hydrogen-bond donors (Lipinski definition) is 2. The van der Waals surface area contributed by atoms with Crippen molar-refractivity contribution in [3.8, 4) is 11.5 Å². The zero-order valence-corrected chi connectivity index (χ0v) is 15.6. The number of ether oxygens (including phenoxy) is 3. The summed E-state index contributed by atoms with van der Waals surface area (Å²) in [7, 11) is -4.66. The number of phosphoric acid groups is 1. The topological polar surface area (TPSA) is 112 Å². The molecule has 2 aromatic carbocycles. The largest absolute Gasteiger partial charge is 0.490 e. The molecule has 0 saturated carbocycles. The van der Waals surface area contributed by atoms with Crippen molar-refractivity contribution in [3.05, 3.63) is 60.2 Å². The Balaban J connectivity index is 1.84. The molecule has 1 atom stereocenters. The van der Waals surface area contributed by atoms with Gasteiger partial charge in [-0.2, -0.15) is 0 Å². The van der Waals surface area contributed by atoms with Crippen molar-refractivity contribution in [2.75, 3.05) is 13.2 Å². The Morgan fingerprint density at radius 3 is 2.11 bits per heavy atom. The molecule has 2 N–H and O–H groups in total. The molecule has 8 nitrogen and oxygen atoms in total. The number of carbonyl (C=O) groups is 1. The average Bonchev–Trinajstić information content (AvgIpc) is 2.63. The molecule has 0 fully saturated rings. The first kappa shape index (κ1) is 20.9. The summed E-state index contributed by atoms with van der Waals surface area (Å²) in [4.78, 5) is 28.6. The first-order valence-corrected chi connectivity index (χ1v) is 9.62. The highest BCUT2D eigenvalue weighted by Crippen LogP contribution is 2.35. The third kappa shape index (κ3) is 8.70. The number of rotatable bonds is 10. The lowest BCUT2D eigenvalue weighted by Gasteiger charge is -2.18. The van der Waals surface area contributed by atoms with E-state index in [9.17, 15) is 9.36 Å². The van der Waals surface area contributed by atoms with Crippen molar-refractivity contribution in [1.29, 1.82) is 0 Å². The van der Waals surface area contributed by atoms with Crippen LogP contribution in [0.4, 0.5) is 0 Å². The molecule has 0 aliphatic rings. The van der Waals surface area contributed by atoms with E-state index < -0.39 is 26.5 Å². The second kappa shape index (κ2) is 10.1. The van der Waals surface area contributed by atoms with E-state index in [1.165, 1.54) is 6.92 Å². The van der Waals surface area contributed by atoms with E-state index >= 15 is 0 Å². The molecular formula is C18H21O8P. The molecule has 146 valence electrons. The van der Waals surface area contributed by atoms with Crippen LogP contribution in [0.2, 0.25) is 0 Å². The maximum Gasteiger partial charge on any atom is 0.469 e. The van der Waals surface area contributed by atoms with Crippen LogP contribution in [0.1, 0.15) is 12.5 Å². The van der Waals surface area contributed by atoms with E-state index in [1.54, 1.807) is 24.3 Å². The quantitative estimate of drug-likeness (QED) is 0.466. The Kier molecular flexibility index (Phi) is 7.82. The van der Waals surface area contributed by atoms with E-state index in [4.69, 9.17) is 24.0 Å². The predicted octanol–water partition coefficient (Wildman–Crippen LogP) is 2.69. The molecule has 0 spiro atoms. The van der Waals surface area contributed by atoms with Crippen LogP contribution < -0.4 is 9.47 Å². The number of phosphoric ester groups is 1. The fraction of sp³-hybridized carbons (Fsp3) is 0.278. The number of hydrogen-bond acceptors (Lipinski definition) is 6. The van der Waals surface area contributed by atoms with Gasteiger partial charge in [-0.3, -0.25) is 9.32 Å². The molecule has 0 amide bonds. The lowest BCUT2D eigenvalue weighted by Crippen LogP contribution is -2.28. The summed E-state index contributed by atoms with van der Waals surface area (Å²) >= 11 is 0. The van der Waals surface area contributed by atoms with Crippen LogP contribution >= 0.6 is 7.82 Å². The third-order valence-electron chi connectivity index (χ3n) is 3.27. The molecule has 2 aromatic rings. The van der Waals surface area contributed by atoms with Gasteiger partial charge in [-0.1, -0.05) is 30.3 Å². The smallest absolute Gasteiger partial charge is 0.469 e. The summed E-state index contributed by atoms with van der Waals surface area (Å²) in [6, 6.07) is 16.5. The van der Waals surface area contributed by atoms with Gasteiger partial charge >= 0.3 is 13.8 Å². The van der Waals surface area contributed by atoms with Gasteiger partial charge in [-0.25, -0.2) is 4.57 Å². The highest BCUT2D eigenvalue weighted by molar-refractivity contribution is 7.46. The maximum atomic E-state index is 11.1. The monoisotopic (exact) mass is 396 g/mol. The predicted molar refractivity (Wildman–Crippen MR) is 96.3 cm³/mol. The molecule has 0 bridgehead atoms. The van der Waals surface area contributed by atoms with Crippen LogP contribution in [0, 0.1) is 0 Å². The maximum absolute atomic E-state index is 11.1. The van der Waals surface area contributed by atoms with Crippen molar-refractivity contribution in [2.24, 2.45) is 0 Å². The Morgan fingerprint density at radius 2 is 1.56 bits per heavy atom. The number of benzene rings is 2. The lowest BCUT2D eigenvalue weighted by atomic mass is 10.2. The molecular weight excluding hydrogens is 375 g/mol. The van der Waals surface area contributed by atoms with E-state index in [-0.39, 0.29) is 6.61 Å². The van der Waals surface area contributed by atoms with Crippen LogP contribution in [0.15, 0.2) is 54.6 Å². The minimum Gasteiger partial charge on any atom is -0.490 e. The summed E-state index contributed by atoms with van der Waals surface area (Å²) in [6.07, 6.45) is -0.955. The van der Waals surface area contributed by atoms with Gasteiger partial charge in [0.15, 0.2) is 6.10 Å². The van der Waals surface area contributed by atoms with Crippen molar-refractivity contribution >= 4 is 13.8 Å². The van der Waals surface area contributed by atoms with Crippen LogP contribution in [0.5, 0.6) is 11.5 Å².